The van der Waals surface area contributed by atoms with Gasteiger partial charge in [-0.25, -0.2) is 0 Å². The summed E-state index contributed by atoms with van der Waals surface area (Å²) in [6, 6.07) is 7.55. The SMILES string of the molecule is CN(CC(=O)NC1CC1)C(=O)[C@@H](N)Cc1c[nH]c2ccccc12.Cl. The summed E-state index contributed by atoms with van der Waals surface area (Å²) in [5.41, 5.74) is 8.09. The predicted molar refractivity (Wildman–Crippen MR) is 96.0 cm³/mol. The lowest BCUT2D eigenvalue weighted by atomic mass is 10.0. The van der Waals surface area contributed by atoms with Crippen LogP contribution in [0.25, 0.3) is 10.9 Å². The first-order chi connectivity index (χ1) is 11.0. The summed E-state index contributed by atoms with van der Waals surface area (Å²) in [5, 5.41) is 3.94. The molecule has 1 aromatic carbocycles. The van der Waals surface area contributed by atoms with E-state index in [0.29, 0.717) is 12.5 Å². The van der Waals surface area contributed by atoms with Gasteiger partial charge in [-0.05, 0) is 30.9 Å². The number of hydrogen-bond donors (Lipinski definition) is 3. The van der Waals surface area contributed by atoms with Gasteiger partial charge in [0.1, 0.15) is 0 Å². The van der Waals surface area contributed by atoms with Crippen LogP contribution >= 0.6 is 12.4 Å². The molecule has 130 valence electrons. The summed E-state index contributed by atoms with van der Waals surface area (Å²) in [6.45, 7) is 0.0525. The minimum atomic E-state index is -0.659. The topological polar surface area (TPSA) is 91.2 Å². The second kappa shape index (κ2) is 7.68. The smallest absolute Gasteiger partial charge is 0.240 e. The van der Waals surface area contributed by atoms with E-state index in [-0.39, 0.29) is 30.8 Å². The molecule has 0 saturated heterocycles. The molecule has 0 unspecified atom stereocenters. The number of aromatic amines is 1. The van der Waals surface area contributed by atoms with E-state index >= 15 is 0 Å². The number of rotatable bonds is 6. The molecule has 3 rings (SSSR count). The molecule has 1 saturated carbocycles. The first-order valence-electron chi connectivity index (χ1n) is 7.89. The average molecular weight is 351 g/mol. The van der Waals surface area contributed by atoms with Gasteiger partial charge in [0, 0.05) is 30.2 Å². The number of benzene rings is 1. The van der Waals surface area contributed by atoms with Crippen molar-refractivity contribution < 1.29 is 9.59 Å². The fraction of sp³-hybridized carbons (Fsp3) is 0.412. The minimum Gasteiger partial charge on any atom is -0.361 e. The summed E-state index contributed by atoms with van der Waals surface area (Å²) < 4.78 is 0. The molecule has 1 fully saturated rings. The number of carbonyl (C=O) groups is 2. The number of para-hydroxylation sites is 1. The van der Waals surface area contributed by atoms with Crippen molar-refractivity contribution in [2.75, 3.05) is 13.6 Å². The van der Waals surface area contributed by atoms with Crippen LogP contribution in [-0.2, 0) is 16.0 Å². The Morgan fingerprint density at radius 1 is 1.38 bits per heavy atom. The highest BCUT2D eigenvalue weighted by Gasteiger charge is 2.26. The molecular weight excluding hydrogens is 328 g/mol. The van der Waals surface area contributed by atoms with Crippen LogP contribution < -0.4 is 11.1 Å². The quantitative estimate of drug-likeness (QED) is 0.731. The van der Waals surface area contributed by atoms with E-state index in [1.54, 1.807) is 7.05 Å². The number of nitrogens with two attached hydrogens (primary N) is 1. The Morgan fingerprint density at radius 3 is 2.79 bits per heavy atom. The Bertz CT molecular complexity index is 726. The molecule has 6 nitrogen and oxygen atoms in total. The van der Waals surface area contributed by atoms with Crippen molar-refractivity contribution in [2.24, 2.45) is 5.73 Å². The highest BCUT2D eigenvalue weighted by Crippen LogP contribution is 2.19. The van der Waals surface area contributed by atoms with E-state index in [1.165, 1.54) is 4.90 Å². The Hall–Kier alpha value is -2.05. The minimum absolute atomic E-state index is 0. The van der Waals surface area contributed by atoms with Crippen molar-refractivity contribution in [2.45, 2.75) is 31.3 Å². The van der Waals surface area contributed by atoms with E-state index in [4.69, 9.17) is 5.73 Å². The van der Waals surface area contributed by atoms with Gasteiger partial charge >= 0.3 is 0 Å². The van der Waals surface area contributed by atoms with Crippen LogP contribution in [0.4, 0.5) is 0 Å². The lowest BCUT2D eigenvalue weighted by Crippen LogP contribution is -2.47. The van der Waals surface area contributed by atoms with E-state index in [2.05, 4.69) is 10.3 Å². The molecule has 1 aromatic heterocycles. The van der Waals surface area contributed by atoms with E-state index in [9.17, 15) is 9.59 Å². The number of hydrogen-bond acceptors (Lipinski definition) is 3. The Balaban J connectivity index is 0.00000208. The average Bonchev–Trinajstić information content (AvgIpc) is 3.25. The summed E-state index contributed by atoms with van der Waals surface area (Å²) in [4.78, 5) is 28.7. The van der Waals surface area contributed by atoms with Crippen LogP contribution in [0.1, 0.15) is 18.4 Å². The third-order valence-electron chi connectivity index (χ3n) is 4.13. The zero-order valence-corrected chi connectivity index (χ0v) is 14.4. The van der Waals surface area contributed by atoms with Crippen molar-refractivity contribution in [3.05, 3.63) is 36.0 Å². The second-order valence-corrected chi connectivity index (χ2v) is 6.21. The van der Waals surface area contributed by atoms with Crippen LogP contribution in [0.5, 0.6) is 0 Å². The van der Waals surface area contributed by atoms with Crippen molar-refractivity contribution >= 4 is 35.1 Å². The summed E-state index contributed by atoms with van der Waals surface area (Å²) in [7, 11) is 1.61. The van der Waals surface area contributed by atoms with Crippen molar-refractivity contribution in [3.63, 3.8) is 0 Å². The third kappa shape index (κ3) is 4.27. The normalized spacial score (nSPS) is 14.8. The zero-order valence-electron chi connectivity index (χ0n) is 13.6. The maximum absolute atomic E-state index is 12.4. The number of amides is 2. The van der Waals surface area contributed by atoms with Crippen molar-refractivity contribution in [1.82, 2.24) is 15.2 Å². The van der Waals surface area contributed by atoms with Crippen molar-refractivity contribution in [3.8, 4) is 0 Å². The first kappa shape index (κ1) is 18.3. The monoisotopic (exact) mass is 350 g/mol. The molecule has 0 radical (unpaired) electrons. The number of H-pyrrole nitrogens is 1. The molecule has 7 heteroatoms. The van der Waals surface area contributed by atoms with Gasteiger partial charge in [-0.3, -0.25) is 9.59 Å². The van der Waals surface area contributed by atoms with Crippen molar-refractivity contribution in [1.29, 1.82) is 0 Å². The maximum atomic E-state index is 12.4. The van der Waals surface area contributed by atoms with Gasteiger partial charge in [-0.2, -0.15) is 0 Å². The second-order valence-electron chi connectivity index (χ2n) is 6.21. The Morgan fingerprint density at radius 2 is 2.08 bits per heavy atom. The number of carbonyl (C=O) groups excluding carboxylic acids is 2. The van der Waals surface area contributed by atoms with E-state index in [0.717, 1.165) is 29.3 Å². The summed E-state index contributed by atoms with van der Waals surface area (Å²) >= 11 is 0. The van der Waals surface area contributed by atoms with Gasteiger partial charge < -0.3 is 20.9 Å². The standard InChI is InChI=1S/C17H22N4O2.ClH/c1-21(10-16(22)20-12-6-7-12)17(23)14(18)8-11-9-19-15-5-3-2-4-13(11)15;/h2-5,9,12,14,19H,6-8,10,18H2,1H3,(H,20,22);1H/t14-;/m0./s1. The van der Waals surface area contributed by atoms with Gasteiger partial charge in [0.15, 0.2) is 0 Å². The lowest BCUT2D eigenvalue weighted by molar-refractivity contribution is -0.135. The molecule has 0 aliphatic heterocycles. The maximum Gasteiger partial charge on any atom is 0.240 e. The molecule has 0 bridgehead atoms. The summed E-state index contributed by atoms with van der Waals surface area (Å²) in [5.74, 6) is -0.344. The van der Waals surface area contributed by atoms with Gasteiger partial charge in [0.05, 0.1) is 12.6 Å². The predicted octanol–water partition coefficient (Wildman–Crippen LogP) is 1.20. The largest absolute Gasteiger partial charge is 0.361 e. The molecule has 4 N–H and O–H groups in total. The third-order valence-corrected chi connectivity index (χ3v) is 4.13. The Labute approximate surface area is 147 Å². The lowest BCUT2D eigenvalue weighted by Gasteiger charge is -2.20. The first-order valence-corrected chi connectivity index (χ1v) is 7.89. The number of halogens is 1. The number of nitrogens with one attached hydrogen (secondary N) is 2. The molecule has 1 aliphatic carbocycles. The number of fused-ring (bicyclic) bond motifs is 1. The highest BCUT2D eigenvalue weighted by molar-refractivity contribution is 5.89. The summed E-state index contributed by atoms with van der Waals surface area (Å²) in [6.07, 6.45) is 4.39. The fourth-order valence-corrected chi connectivity index (χ4v) is 2.70. The van der Waals surface area contributed by atoms with Gasteiger partial charge in [0.2, 0.25) is 11.8 Å². The molecule has 1 atom stereocenters. The zero-order chi connectivity index (χ0) is 16.4. The Kier molecular flexibility index (Phi) is 5.85. The molecule has 2 amide bonds. The molecule has 2 aromatic rings. The van der Waals surface area contributed by atoms with Gasteiger partial charge in [-0.1, -0.05) is 18.2 Å². The van der Waals surface area contributed by atoms with Gasteiger partial charge in [0.25, 0.3) is 0 Å². The number of nitrogens with zero attached hydrogens (tertiary/aromatic N) is 1. The fourth-order valence-electron chi connectivity index (χ4n) is 2.70. The molecule has 1 heterocycles. The van der Waals surface area contributed by atoms with Crippen LogP contribution in [0.2, 0.25) is 0 Å². The molecule has 24 heavy (non-hydrogen) atoms. The van der Waals surface area contributed by atoms with Gasteiger partial charge in [-0.15, -0.1) is 12.4 Å². The highest BCUT2D eigenvalue weighted by atomic mass is 35.5. The molecular formula is C17H23ClN4O2. The van der Waals surface area contributed by atoms with Crippen LogP contribution in [0, 0.1) is 0 Å². The number of aromatic nitrogens is 1. The molecule has 1 aliphatic rings. The number of likely N-dealkylation sites (N-methyl/N-ethyl adjacent to an activating group) is 1. The van der Waals surface area contributed by atoms with E-state index < -0.39 is 6.04 Å². The van der Waals surface area contributed by atoms with Crippen LogP contribution in [-0.4, -0.2) is 47.4 Å². The van der Waals surface area contributed by atoms with Crippen LogP contribution in [0.3, 0.4) is 0 Å². The molecule has 0 spiro atoms. The van der Waals surface area contributed by atoms with Crippen LogP contribution in [0.15, 0.2) is 30.5 Å². The van der Waals surface area contributed by atoms with E-state index in [1.807, 2.05) is 30.5 Å².